The van der Waals surface area contributed by atoms with Crippen LogP contribution in [0.1, 0.15) is 73.1 Å². The number of carbonyl (C=O) groups is 5. The molecule has 0 spiro atoms. The number of allylic oxidation sites excluding steroid dienone is 1. The number of benzene rings is 3. The quantitative estimate of drug-likeness (QED) is 0.0488. The third kappa shape index (κ3) is 10.6. The lowest BCUT2D eigenvalue weighted by molar-refractivity contribution is -0.152. The van der Waals surface area contributed by atoms with Crippen molar-refractivity contribution in [2.75, 3.05) is 20.2 Å². The Morgan fingerprint density at radius 3 is 2.47 bits per heavy atom. The molecule has 64 heavy (non-hydrogen) atoms. The lowest BCUT2D eigenvalue weighted by Gasteiger charge is -2.27. The van der Waals surface area contributed by atoms with Crippen molar-refractivity contribution in [3.63, 3.8) is 0 Å². The van der Waals surface area contributed by atoms with Crippen LogP contribution in [-0.2, 0) is 59.9 Å². The highest BCUT2D eigenvalue weighted by Crippen LogP contribution is 2.56. The van der Waals surface area contributed by atoms with Crippen molar-refractivity contribution in [3.05, 3.63) is 81.9 Å². The zero-order valence-electron chi connectivity index (χ0n) is 36.4. The van der Waals surface area contributed by atoms with Crippen molar-refractivity contribution in [3.8, 4) is 34.5 Å². The van der Waals surface area contributed by atoms with Crippen LogP contribution in [0.2, 0.25) is 0 Å². The molecule has 6 rings (SSSR count). The van der Waals surface area contributed by atoms with Gasteiger partial charge in [0.2, 0.25) is 11.8 Å². The molecule has 0 saturated carbocycles. The third-order valence-electron chi connectivity index (χ3n) is 11.5. The van der Waals surface area contributed by atoms with Crippen molar-refractivity contribution in [1.29, 1.82) is 0 Å². The summed E-state index contributed by atoms with van der Waals surface area (Å²) >= 11 is 5.74. The highest BCUT2D eigenvalue weighted by atomic mass is 32.5. The molecule has 0 bridgehead atoms. The maximum atomic E-state index is 13.9. The Hall–Kier alpha value is -5.72. The number of nitrogens with one attached hydrogen (secondary N) is 2. The van der Waals surface area contributed by atoms with Gasteiger partial charge in [-0.05, 0) is 74.9 Å². The van der Waals surface area contributed by atoms with Crippen LogP contribution < -0.4 is 40.4 Å². The number of carbonyl (C=O) groups excluding carboxylic acids is 5. The van der Waals surface area contributed by atoms with Gasteiger partial charge in [0, 0.05) is 42.0 Å². The van der Waals surface area contributed by atoms with Gasteiger partial charge in [-0.15, -0.1) is 0 Å². The van der Waals surface area contributed by atoms with Crippen LogP contribution in [0.5, 0.6) is 34.5 Å². The van der Waals surface area contributed by atoms with Crippen LogP contribution in [0.4, 0.5) is 0 Å². The molecule has 0 aromatic heterocycles. The number of phenols is 2. The highest BCUT2D eigenvalue weighted by Gasteiger charge is 2.45. The van der Waals surface area contributed by atoms with E-state index in [1.165, 1.54) is 49.3 Å². The number of nitrogens with two attached hydrogens (primary N) is 2. The number of cyclic esters (lactones) is 1. The molecule has 0 radical (unpaired) electrons. The average molecular weight is 924 g/mol. The fourth-order valence-electron chi connectivity index (χ4n) is 7.51. The molecule has 2 amide bonds. The third-order valence-corrected chi connectivity index (χ3v) is 13.8. The van der Waals surface area contributed by atoms with Gasteiger partial charge < -0.3 is 59.9 Å². The summed E-state index contributed by atoms with van der Waals surface area (Å²) in [7, 11) is 1.49. The minimum atomic E-state index is -3.14. The second-order valence-corrected chi connectivity index (χ2v) is 19.3. The monoisotopic (exact) mass is 923 g/mol. The number of rotatable bonds is 17. The number of amides is 2. The van der Waals surface area contributed by atoms with E-state index in [-0.39, 0.29) is 73.4 Å². The van der Waals surface area contributed by atoms with Crippen LogP contribution in [-0.4, -0.2) is 95.3 Å². The summed E-state index contributed by atoms with van der Waals surface area (Å²) in [4.78, 5) is 67.4. The van der Waals surface area contributed by atoms with E-state index < -0.39 is 66.6 Å². The van der Waals surface area contributed by atoms with Crippen LogP contribution in [0.3, 0.4) is 0 Å². The first kappa shape index (κ1) is 47.8. The molecule has 20 heteroatoms. The number of methoxy groups -OCH3 is 1. The van der Waals surface area contributed by atoms with Gasteiger partial charge in [-0.2, -0.15) is 0 Å². The molecule has 1 unspecified atom stereocenters. The minimum absolute atomic E-state index is 0.0577. The molecule has 3 aromatic carbocycles. The number of phenolic OH excluding ortho intramolecular Hbond substituents is 2. The van der Waals surface area contributed by atoms with E-state index in [0.29, 0.717) is 40.2 Å². The standard InChI is InChI=1S/C44H54N5O13PS/c1-7-23(3)37(46)44(56)60-29-17-33(49(20-29)41(53)25(5)48-40(52)32(45)16-26-9-11-27(50)12-10-26)42(54)59-28-13-15-34-35(18-28)62-63(64,61-34)47-19-22(2)8-14-30-38(51)36-31(21-58-43(36)55)24(4)39(30)57-6/h8-13,15,18,23,25,29,32-33,37,50-51H,7,14,16-17,19-21,45-46H2,1-6H3,(H,47,64)(H,48,52)/b22-8+/t23-,25-,29+,32+,33-,37-,63?/m0/s1. The summed E-state index contributed by atoms with van der Waals surface area (Å²) in [6.45, 7) is 5.81. The molecule has 1 saturated heterocycles. The molecule has 8 N–H and O–H groups in total. The number of nitrogens with zero attached hydrogens (tertiary/aromatic N) is 1. The zero-order chi connectivity index (χ0) is 46.6. The molecule has 3 aliphatic heterocycles. The van der Waals surface area contributed by atoms with Gasteiger partial charge >= 0.3 is 24.6 Å². The van der Waals surface area contributed by atoms with E-state index >= 15 is 0 Å². The van der Waals surface area contributed by atoms with Crippen LogP contribution in [0, 0.1) is 12.8 Å². The Labute approximate surface area is 375 Å². The number of likely N-dealkylation sites (tertiary alicyclic amines) is 1. The molecular weight excluding hydrogens is 870 g/mol. The fourth-order valence-corrected chi connectivity index (χ4v) is 9.61. The Morgan fingerprint density at radius 1 is 1.08 bits per heavy atom. The number of esters is 3. The molecule has 0 aliphatic carbocycles. The maximum Gasteiger partial charge on any atom is 0.365 e. The molecule has 1 fully saturated rings. The van der Waals surface area contributed by atoms with Crippen molar-refractivity contribution in [2.24, 2.45) is 17.4 Å². The van der Waals surface area contributed by atoms with Crippen molar-refractivity contribution >= 4 is 48.2 Å². The van der Waals surface area contributed by atoms with Crippen LogP contribution in [0.15, 0.2) is 54.1 Å². The van der Waals surface area contributed by atoms with E-state index in [4.69, 9.17) is 51.3 Å². The van der Waals surface area contributed by atoms with Gasteiger partial charge in [-0.3, -0.25) is 14.4 Å². The lowest BCUT2D eigenvalue weighted by atomic mass is 9.95. The Balaban J connectivity index is 1.10. The minimum Gasteiger partial charge on any atom is -0.508 e. The molecular formula is C44H54N5O13PS. The van der Waals surface area contributed by atoms with Crippen molar-refractivity contribution in [2.45, 2.75) is 97.2 Å². The summed E-state index contributed by atoms with van der Waals surface area (Å²) in [5, 5.41) is 26.3. The zero-order valence-corrected chi connectivity index (χ0v) is 38.1. The van der Waals surface area contributed by atoms with E-state index in [2.05, 4.69) is 10.4 Å². The first-order chi connectivity index (χ1) is 30.3. The van der Waals surface area contributed by atoms with E-state index in [9.17, 15) is 34.2 Å². The second-order valence-electron chi connectivity index (χ2n) is 16.1. The molecule has 344 valence electrons. The van der Waals surface area contributed by atoms with Crippen LogP contribution in [0.25, 0.3) is 0 Å². The molecule has 3 aromatic rings. The molecule has 3 heterocycles. The number of hydrogen-bond acceptors (Lipinski definition) is 16. The predicted octanol–water partition coefficient (Wildman–Crippen LogP) is 3.73. The molecule has 7 atom stereocenters. The molecule has 18 nitrogen and oxygen atoms in total. The highest BCUT2D eigenvalue weighted by molar-refractivity contribution is 8.09. The summed E-state index contributed by atoms with van der Waals surface area (Å²) in [6, 6.07) is 6.35. The summed E-state index contributed by atoms with van der Waals surface area (Å²) in [5.41, 5.74) is 15.7. The van der Waals surface area contributed by atoms with Crippen molar-refractivity contribution in [1.82, 2.24) is 15.3 Å². The topological polar surface area (TPSA) is 261 Å². The van der Waals surface area contributed by atoms with Crippen LogP contribution >= 0.6 is 6.64 Å². The average Bonchev–Trinajstić information content (AvgIpc) is 3.97. The van der Waals surface area contributed by atoms with E-state index in [1.807, 2.05) is 33.8 Å². The predicted molar refractivity (Wildman–Crippen MR) is 236 cm³/mol. The van der Waals surface area contributed by atoms with Gasteiger partial charge in [0.1, 0.15) is 59.4 Å². The number of ether oxygens (including phenoxy) is 4. The van der Waals surface area contributed by atoms with Gasteiger partial charge in [0.15, 0.2) is 11.5 Å². The Morgan fingerprint density at radius 2 is 1.78 bits per heavy atom. The second kappa shape index (κ2) is 20.0. The smallest absolute Gasteiger partial charge is 0.365 e. The normalized spacial score (nSPS) is 20.7. The first-order valence-corrected chi connectivity index (χ1v) is 23.4. The van der Waals surface area contributed by atoms with Crippen molar-refractivity contribution < 1.29 is 62.2 Å². The largest absolute Gasteiger partial charge is 0.508 e. The fraction of sp³-hybridized carbons (Fsp3) is 0.432. The van der Waals surface area contributed by atoms with Gasteiger partial charge in [-0.1, -0.05) is 44.1 Å². The van der Waals surface area contributed by atoms with E-state index in [1.54, 1.807) is 12.1 Å². The summed E-state index contributed by atoms with van der Waals surface area (Å²) in [5.74, 6) is -2.60. The number of fused-ring (bicyclic) bond motifs is 2. The van der Waals surface area contributed by atoms with Gasteiger partial charge in [0.25, 0.3) is 0 Å². The maximum absolute atomic E-state index is 13.9. The summed E-state index contributed by atoms with van der Waals surface area (Å²) in [6.07, 6.45) is 1.85. The van der Waals surface area contributed by atoms with Gasteiger partial charge in [0.05, 0.1) is 19.7 Å². The van der Waals surface area contributed by atoms with Gasteiger partial charge in [-0.25, -0.2) is 14.7 Å². The Bertz CT molecular complexity index is 2400. The SMILES string of the molecule is CC[C@H](C)[C@H](N)C(=O)O[C@@H]1C[C@@H](C(=O)Oc2ccc3c(c2)OP(=S)(NC/C(C)=C/Cc2c(O)c4c(c(C)c2OC)COC4=O)O3)N(C(=O)[C@H](C)NC(=O)[C@H](N)Cc2ccc(O)cc2)C1. The number of hydrogen-bond donors (Lipinski definition) is 6. The lowest BCUT2D eigenvalue weighted by Crippen LogP contribution is -2.54. The van der Waals surface area contributed by atoms with E-state index in [0.717, 1.165) is 5.57 Å². The molecule has 3 aliphatic rings. The number of aromatic hydroxyl groups is 2. The first-order valence-electron chi connectivity index (χ1n) is 20.8. The summed E-state index contributed by atoms with van der Waals surface area (Å²) < 4.78 is 34.3. The Kier molecular flexibility index (Phi) is 14.9.